The molecule has 2 amide bonds. The van der Waals surface area contributed by atoms with Crippen LogP contribution in [0.3, 0.4) is 0 Å². The van der Waals surface area contributed by atoms with Crippen molar-refractivity contribution in [3.63, 3.8) is 0 Å². The van der Waals surface area contributed by atoms with Crippen molar-refractivity contribution in [2.75, 3.05) is 13.1 Å². The summed E-state index contributed by atoms with van der Waals surface area (Å²) in [6.45, 7) is 5.70. The standard InChI is InChI=1S/C15H16N2O2/c1-3-10-16-15(19)17-11-4-5-13-6-8-14(9-7-13)12(2)18/h3,6-9H,1,10-11H2,2H3,(H2,16,17,19). The Kier molecular flexibility index (Phi) is 5.90. The molecule has 0 aliphatic heterocycles. The van der Waals surface area contributed by atoms with E-state index in [-0.39, 0.29) is 18.4 Å². The van der Waals surface area contributed by atoms with Crippen molar-refractivity contribution in [3.8, 4) is 11.8 Å². The van der Waals surface area contributed by atoms with E-state index < -0.39 is 0 Å². The van der Waals surface area contributed by atoms with E-state index in [0.717, 1.165) is 5.56 Å². The van der Waals surface area contributed by atoms with Gasteiger partial charge in [0, 0.05) is 17.7 Å². The van der Waals surface area contributed by atoms with Crippen LogP contribution in [0, 0.1) is 11.8 Å². The summed E-state index contributed by atoms with van der Waals surface area (Å²) in [6, 6.07) is 6.75. The third kappa shape index (κ3) is 5.55. The van der Waals surface area contributed by atoms with Crippen LogP contribution in [0.4, 0.5) is 4.79 Å². The van der Waals surface area contributed by atoms with Gasteiger partial charge in [-0.25, -0.2) is 4.79 Å². The van der Waals surface area contributed by atoms with E-state index in [1.165, 1.54) is 6.92 Å². The maximum Gasteiger partial charge on any atom is 0.315 e. The molecule has 0 saturated carbocycles. The molecule has 0 aliphatic rings. The maximum absolute atomic E-state index is 11.2. The molecule has 0 atom stereocenters. The van der Waals surface area contributed by atoms with Crippen molar-refractivity contribution in [2.45, 2.75) is 6.92 Å². The molecule has 4 heteroatoms. The molecule has 98 valence electrons. The first kappa shape index (κ1) is 14.5. The molecule has 0 fully saturated rings. The van der Waals surface area contributed by atoms with Gasteiger partial charge in [0.2, 0.25) is 0 Å². The zero-order chi connectivity index (χ0) is 14.1. The highest BCUT2D eigenvalue weighted by molar-refractivity contribution is 5.94. The fourth-order valence-electron chi connectivity index (χ4n) is 1.29. The lowest BCUT2D eigenvalue weighted by Gasteiger charge is -2.00. The zero-order valence-electron chi connectivity index (χ0n) is 10.8. The van der Waals surface area contributed by atoms with Gasteiger partial charge in [-0.05, 0) is 19.1 Å². The number of ketones is 1. The van der Waals surface area contributed by atoms with Crippen molar-refractivity contribution in [3.05, 3.63) is 48.0 Å². The van der Waals surface area contributed by atoms with Gasteiger partial charge in [-0.3, -0.25) is 4.79 Å². The third-order valence-corrected chi connectivity index (χ3v) is 2.27. The average Bonchev–Trinajstić information content (AvgIpc) is 2.41. The lowest BCUT2D eigenvalue weighted by Crippen LogP contribution is -2.35. The van der Waals surface area contributed by atoms with Crippen molar-refractivity contribution in [1.82, 2.24) is 10.6 Å². The number of urea groups is 1. The Morgan fingerprint density at radius 1 is 1.26 bits per heavy atom. The molecule has 0 radical (unpaired) electrons. The van der Waals surface area contributed by atoms with Gasteiger partial charge in [0.05, 0.1) is 6.54 Å². The molecule has 0 unspecified atom stereocenters. The van der Waals surface area contributed by atoms with Gasteiger partial charge in [-0.2, -0.15) is 0 Å². The van der Waals surface area contributed by atoms with Gasteiger partial charge in [0.15, 0.2) is 5.78 Å². The Morgan fingerprint density at radius 3 is 2.53 bits per heavy atom. The minimum absolute atomic E-state index is 0.0278. The van der Waals surface area contributed by atoms with E-state index in [2.05, 4.69) is 29.1 Å². The molecule has 1 aromatic carbocycles. The lowest BCUT2D eigenvalue weighted by atomic mass is 10.1. The number of rotatable bonds is 4. The summed E-state index contributed by atoms with van der Waals surface area (Å²) in [5.41, 5.74) is 1.46. The number of Topliss-reactive ketones (excluding diaryl/α,β-unsaturated/α-hetero) is 1. The topological polar surface area (TPSA) is 58.2 Å². The minimum atomic E-state index is -0.277. The molecule has 0 aromatic heterocycles. The number of amides is 2. The summed E-state index contributed by atoms with van der Waals surface area (Å²) < 4.78 is 0. The van der Waals surface area contributed by atoms with Gasteiger partial charge in [0.25, 0.3) is 0 Å². The number of hydrogen-bond acceptors (Lipinski definition) is 2. The smallest absolute Gasteiger partial charge is 0.315 e. The van der Waals surface area contributed by atoms with Gasteiger partial charge in [-0.15, -0.1) is 6.58 Å². The summed E-state index contributed by atoms with van der Waals surface area (Å²) in [5, 5.41) is 5.17. The summed E-state index contributed by atoms with van der Waals surface area (Å²) in [6.07, 6.45) is 1.60. The maximum atomic E-state index is 11.2. The molecule has 4 nitrogen and oxygen atoms in total. The van der Waals surface area contributed by atoms with Gasteiger partial charge in [-0.1, -0.05) is 30.0 Å². The Balaban J connectivity index is 2.43. The molecule has 1 aromatic rings. The van der Waals surface area contributed by atoms with Crippen LogP contribution in [-0.4, -0.2) is 24.9 Å². The van der Waals surface area contributed by atoms with Gasteiger partial charge in [0.1, 0.15) is 0 Å². The van der Waals surface area contributed by atoms with Crippen LogP contribution in [0.15, 0.2) is 36.9 Å². The summed E-state index contributed by atoms with van der Waals surface area (Å²) in [7, 11) is 0. The van der Waals surface area contributed by atoms with Gasteiger partial charge < -0.3 is 10.6 Å². The minimum Gasteiger partial charge on any atom is -0.335 e. The lowest BCUT2D eigenvalue weighted by molar-refractivity contribution is 0.101. The first-order valence-electron chi connectivity index (χ1n) is 5.86. The molecule has 0 heterocycles. The SMILES string of the molecule is C=CCNC(=O)NCC#Cc1ccc(C(C)=O)cc1. The van der Waals surface area contributed by atoms with Gasteiger partial charge >= 0.3 is 6.03 Å². The molecule has 19 heavy (non-hydrogen) atoms. The van der Waals surface area contributed by atoms with Crippen molar-refractivity contribution < 1.29 is 9.59 Å². The molecular weight excluding hydrogens is 240 g/mol. The number of benzene rings is 1. The predicted molar refractivity (Wildman–Crippen MR) is 74.9 cm³/mol. The van der Waals surface area contributed by atoms with E-state index in [1.807, 2.05) is 0 Å². The number of carbonyl (C=O) groups is 2. The van der Waals surface area contributed by atoms with Crippen LogP contribution in [-0.2, 0) is 0 Å². The summed E-state index contributed by atoms with van der Waals surface area (Å²) in [4.78, 5) is 22.2. The second-order valence-electron chi connectivity index (χ2n) is 3.79. The molecule has 2 N–H and O–H groups in total. The zero-order valence-corrected chi connectivity index (χ0v) is 10.8. The highest BCUT2D eigenvalue weighted by Crippen LogP contribution is 2.03. The summed E-state index contributed by atoms with van der Waals surface area (Å²) in [5.74, 6) is 5.75. The first-order chi connectivity index (χ1) is 9.13. The van der Waals surface area contributed by atoms with Crippen LogP contribution in [0.1, 0.15) is 22.8 Å². The Labute approximate surface area is 112 Å². The van der Waals surface area contributed by atoms with Crippen LogP contribution >= 0.6 is 0 Å². The predicted octanol–water partition coefficient (Wildman–Crippen LogP) is 1.73. The fourth-order valence-corrected chi connectivity index (χ4v) is 1.29. The largest absolute Gasteiger partial charge is 0.335 e. The van der Waals surface area contributed by atoms with Crippen LogP contribution in [0.5, 0.6) is 0 Å². The first-order valence-corrected chi connectivity index (χ1v) is 5.86. The normalized spacial score (nSPS) is 8.89. The fraction of sp³-hybridized carbons (Fsp3) is 0.200. The van der Waals surface area contributed by atoms with Crippen molar-refractivity contribution in [2.24, 2.45) is 0 Å². The number of nitrogens with one attached hydrogen (secondary N) is 2. The molecule has 0 spiro atoms. The molecule has 0 aliphatic carbocycles. The van der Waals surface area contributed by atoms with E-state index in [9.17, 15) is 9.59 Å². The number of hydrogen-bond donors (Lipinski definition) is 2. The molecular formula is C15H16N2O2. The molecule has 0 bridgehead atoms. The van der Waals surface area contributed by atoms with Crippen LogP contribution < -0.4 is 10.6 Å². The van der Waals surface area contributed by atoms with E-state index in [0.29, 0.717) is 12.1 Å². The quantitative estimate of drug-likeness (QED) is 0.489. The third-order valence-electron chi connectivity index (χ3n) is 2.27. The Hall–Kier alpha value is -2.54. The van der Waals surface area contributed by atoms with E-state index in [1.54, 1.807) is 30.3 Å². The monoisotopic (exact) mass is 256 g/mol. The second-order valence-corrected chi connectivity index (χ2v) is 3.79. The van der Waals surface area contributed by atoms with E-state index in [4.69, 9.17) is 0 Å². The summed E-state index contributed by atoms with van der Waals surface area (Å²) >= 11 is 0. The molecule has 0 saturated heterocycles. The Morgan fingerprint density at radius 2 is 1.95 bits per heavy atom. The van der Waals surface area contributed by atoms with Crippen LogP contribution in [0.2, 0.25) is 0 Å². The number of carbonyl (C=O) groups excluding carboxylic acids is 2. The molecule has 1 rings (SSSR count). The van der Waals surface area contributed by atoms with Crippen LogP contribution in [0.25, 0.3) is 0 Å². The van der Waals surface area contributed by atoms with Crippen molar-refractivity contribution in [1.29, 1.82) is 0 Å². The highest BCUT2D eigenvalue weighted by atomic mass is 16.2. The van der Waals surface area contributed by atoms with Crippen molar-refractivity contribution >= 4 is 11.8 Å². The Bertz CT molecular complexity index is 521. The van der Waals surface area contributed by atoms with E-state index >= 15 is 0 Å². The highest BCUT2D eigenvalue weighted by Gasteiger charge is 1.97. The average molecular weight is 256 g/mol. The second kappa shape index (κ2) is 7.72.